The molecule has 22 heavy (non-hydrogen) atoms. The second kappa shape index (κ2) is 5.68. The summed E-state index contributed by atoms with van der Waals surface area (Å²) >= 11 is 0. The van der Waals surface area contributed by atoms with E-state index in [0.717, 1.165) is 11.1 Å². The van der Waals surface area contributed by atoms with Crippen molar-refractivity contribution >= 4 is 5.91 Å². The molecule has 0 radical (unpaired) electrons. The average Bonchev–Trinajstić information content (AvgIpc) is 2.53. The van der Waals surface area contributed by atoms with E-state index in [1.807, 2.05) is 74.5 Å². The molecule has 0 N–H and O–H groups in total. The molecule has 3 rings (SSSR count). The number of carbonyl (C=O) groups excluding carboxylic acids is 1. The highest BCUT2D eigenvalue weighted by atomic mass is 16.5. The Morgan fingerprint density at radius 1 is 1.00 bits per heavy atom. The van der Waals surface area contributed by atoms with Gasteiger partial charge in [-0.25, -0.2) is 0 Å². The van der Waals surface area contributed by atoms with Gasteiger partial charge in [0.2, 0.25) is 5.72 Å². The zero-order chi connectivity index (χ0) is 15.6. The van der Waals surface area contributed by atoms with E-state index >= 15 is 0 Å². The summed E-state index contributed by atoms with van der Waals surface area (Å²) in [5, 5.41) is 0. The summed E-state index contributed by atoms with van der Waals surface area (Å²) in [5.74, 6) is 0.611. The van der Waals surface area contributed by atoms with Gasteiger partial charge in [-0.1, -0.05) is 60.7 Å². The lowest BCUT2D eigenvalue weighted by atomic mass is 10.00. The van der Waals surface area contributed by atoms with Crippen LogP contribution in [0.3, 0.4) is 0 Å². The minimum absolute atomic E-state index is 0.0287. The van der Waals surface area contributed by atoms with Crippen molar-refractivity contribution in [3.63, 3.8) is 0 Å². The van der Waals surface area contributed by atoms with Crippen molar-refractivity contribution < 1.29 is 9.53 Å². The first-order valence-corrected chi connectivity index (χ1v) is 7.38. The predicted molar refractivity (Wildman–Crippen MR) is 85.6 cm³/mol. The molecule has 1 heterocycles. The van der Waals surface area contributed by atoms with Crippen LogP contribution in [0, 0.1) is 0 Å². The van der Waals surface area contributed by atoms with Crippen molar-refractivity contribution in [3.8, 4) is 0 Å². The maximum atomic E-state index is 12.6. The maximum absolute atomic E-state index is 12.6. The topological polar surface area (TPSA) is 29.5 Å². The zero-order valence-corrected chi connectivity index (χ0v) is 12.8. The summed E-state index contributed by atoms with van der Waals surface area (Å²) in [4.78, 5) is 14.3. The van der Waals surface area contributed by atoms with Gasteiger partial charge in [-0.15, -0.1) is 0 Å². The Hall–Kier alpha value is -2.55. The molecular weight excluding hydrogens is 274 g/mol. The van der Waals surface area contributed by atoms with Crippen LogP contribution in [0.4, 0.5) is 0 Å². The molecule has 1 unspecified atom stereocenters. The number of hydrogen-bond acceptors (Lipinski definition) is 2. The molecule has 0 aromatic heterocycles. The van der Waals surface area contributed by atoms with E-state index in [9.17, 15) is 4.79 Å². The van der Waals surface area contributed by atoms with E-state index in [0.29, 0.717) is 12.3 Å². The molecule has 2 aromatic rings. The molecule has 3 heteroatoms. The van der Waals surface area contributed by atoms with Crippen molar-refractivity contribution in [2.45, 2.75) is 26.1 Å². The molecule has 0 spiro atoms. The number of hydrogen-bond donors (Lipinski definition) is 0. The highest BCUT2D eigenvalue weighted by Crippen LogP contribution is 2.36. The lowest BCUT2D eigenvalue weighted by Gasteiger charge is -2.44. The maximum Gasteiger partial charge on any atom is 0.253 e. The molecule has 0 fully saturated rings. The van der Waals surface area contributed by atoms with Crippen molar-refractivity contribution in [2.24, 2.45) is 0 Å². The lowest BCUT2D eigenvalue weighted by molar-refractivity contribution is -0.168. The third-order valence-electron chi connectivity index (χ3n) is 3.96. The van der Waals surface area contributed by atoms with Crippen LogP contribution in [0.2, 0.25) is 0 Å². The highest BCUT2D eigenvalue weighted by molar-refractivity contribution is 5.89. The van der Waals surface area contributed by atoms with Gasteiger partial charge in [0.25, 0.3) is 5.91 Å². The summed E-state index contributed by atoms with van der Waals surface area (Å²) in [6.45, 7) is 4.27. The van der Waals surface area contributed by atoms with Crippen molar-refractivity contribution in [3.05, 3.63) is 83.6 Å². The standard InChI is InChI=1S/C19H19NO2/c1-15-13-18(21)20(14-16-9-5-3-6-10-16)19(2,22-15)17-11-7-4-8-12-17/h3-13H,14H2,1-2H3. The van der Waals surface area contributed by atoms with Crippen LogP contribution in [-0.2, 0) is 21.8 Å². The molecule has 2 aromatic carbocycles. The quantitative estimate of drug-likeness (QED) is 0.861. The smallest absolute Gasteiger partial charge is 0.253 e. The van der Waals surface area contributed by atoms with Gasteiger partial charge in [0, 0.05) is 11.6 Å². The van der Waals surface area contributed by atoms with E-state index in [4.69, 9.17) is 4.74 Å². The van der Waals surface area contributed by atoms with Gasteiger partial charge in [-0.3, -0.25) is 9.69 Å². The summed E-state index contributed by atoms with van der Waals surface area (Å²) in [5.41, 5.74) is 1.24. The first-order valence-electron chi connectivity index (χ1n) is 7.38. The van der Waals surface area contributed by atoms with Gasteiger partial charge in [-0.05, 0) is 19.4 Å². The van der Waals surface area contributed by atoms with Crippen LogP contribution >= 0.6 is 0 Å². The van der Waals surface area contributed by atoms with Gasteiger partial charge in [-0.2, -0.15) is 0 Å². The monoisotopic (exact) mass is 293 g/mol. The molecule has 0 saturated carbocycles. The van der Waals surface area contributed by atoms with Crippen LogP contribution in [0.1, 0.15) is 25.0 Å². The largest absolute Gasteiger partial charge is 0.468 e. The minimum atomic E-state index is -0.799. The third kappa shape index (κ3) is 2.62. The van der Waals surface area contributed by atoms with Gasteiger partial charge in [0.15, 0.2) is 0 Å². The van der Waals surface area contributed by atoms with Gasteiger partial charge >= 0.3 is 0 Å². The minimum Gasteiger partial charge on any atom is -0.468 e. The Morgan fingerprint density at radius 3 is 2.23 bits per heavy atom. The fourth-order valence-corrected chi connectivity index (χ4v) is 2.82. The summed E-state index contributed by atoms with van der Waals surface area (Å²) in [7, 11) is 0. The molecule has 1 aliphatic heterocycles. The average molecular weight is 293 g/mol. The highest BCUT2D eigenvalue weighted by Gasteiger charge is 2.41. The SMILES string of the molecule is CC1=CC(=O)N(Cc2ccccc2)C(C)(c2ccccc2)O1. The number of ether oxygens (including phenoxy) is 1. The number of nitrogens with zero attached hydrogens (tertiary/aromatic N) is 1. The normalized spacial score (nSPS) is 21.3. The van der Waals surface area contributed by atoms with E-state index in [-0.39, 0.29) is 5.91 Å². The lowest BCUT2D eigenvalue weighted by Crippen LogP contribution is -2.50. The fourth-order valence-electron chi connectivity index (χ4n) is 2.82. The number of benzene rings is 2. The second-order valence-electron chi connectivity index (χ2n) is 5.62. The summed E-state index contributed by atoms with van der Waals surface area (Å²) in [6.07, 6.45) is 1.55. The van der Waals surface area contributed by atoms with Crippen LogP contribution in [0.25, 0.3) is 0 Å². The molecule has 112 valence electrons. The van der Waals surface area contributed by atoms with Crippen LogP contribution in [0.5, 0.6) is 0 Å². The van der Waals surface area contributed by atoms with E-state index in [1.165, 1.54) is 0 Å². The molecular formula is C19H19NO2. The first kappa shape index (κ1) is 14.4. The van der Waals surface area contributed by atoms with E-state index in [1.54, 1.807) is 11.0 Å². The van der Waals surface area contributed by atoms with Crippen molar-refractivity contribution in [2.75, 3.05) is 0 Å². The van der Waals surface area contributed by atoms with E-state index < -0.39 is 5.72 Å². The Bertz CT molecular complexity index is 694. The van der Waals surface area contributed by atoms with Crippen LogP contribution in [0.15, 0.2) is 72.5 Å². The van der Waals surface area contributed by atoms with Gasteiger partial charge < -0.3 is 4.74 Å². The molecule has 1 amide bonds. The van der Waals surface area contributed by atoms with Crippen LogP contribution < -0.4 is 0 Å². The molecule has 0 aliphatic carbocycles. The third-order valence-corrected chi connectivity index (χ3v) is 3.96. The van der Waals surface area contributed by atoms with Crippen molar-refractivity contribution in [1.29, 1.82) is 0 Å². The summed E-state index contributed by atoms with van der Waals surface area (Å²) in [6, 6.07) is 19.8. The molecule has 1 aliphatic rings. The molecule has 3 nitrogen and oxygen atoms in total. The predicted octanol–water partition coefficient (Wildman–Crippen LogP) is 3.82. The van der Waals surface area contributed by atoms with Gasteiger partial charge in [0.1, 0.15) is 5.76 Å². The van der Waals surface area contributed by atoms with Crippen LogP contribution in [-0.4, -0.2) is 10.8 Å². The molecule has 1 atom stereocenters. The Kier molecular flexibility index (Phi) is 3.72. The van der Waals surface area contributed by atoms with E-state index in [2.05, 4.69) is 0 Å². The Balaban J connectivity index is 2.01. The number of amides is 1. The fraction of sp³-hybridized carbons (Fsp3) is 0.211. The van der Waals surface area contributed by atoms with Gasteiger partial charge in [0.05, 0.1) is 6.54 Å². The Labute approximate surface area is 130 Å². The molecule has 0 bridgehead atoms. The first-order chi connectivity index (χ1) is 10.6. The molecule has 0 saturated heterocycles. The number of rotatable bonds is 3. The zero-order valence-electron chi connectivity index (χ0n) is 12.8. The van der Waals surface area contributed by atoms with Crippen molar-refractivity contribution in [1.82, 2.24) is 4.90 Å². The second-order valence-corrected chi connectivity index (χ2v) is 5.62. The summed E-state index contributed by atoms with van der Waals surface area (Å²) < 4.78 is 6.08. The number of carbonyl (C=O) groups is 1. The Morgan fingerprint density at radius 2 is 1.59 bits per heavy atom. The number of allylic oxidation sites excluding steroid dienone is 1.